The molecule has 1 N–H and O–H groups in total. The van der Waals surface area contributed by atoms with E-state index in [1.54, 1.807) is 25.1 Å². The van der Waals surface area contributed by atoms with Gasteiger partial charge in [-0.2, -0.15) is 5.11 Å². The highest BCUT2D eigenvalue weighted by Gasteiger charge is 2.14. The van der Waals surface area contributed by atoms with E-state index in [4.69, 9.17) is 0 Å². The number of azo groups is 1. The second kappa shape index (κ2) is 6.52. The highest BCUT2D eigenvalue weighted by atomic mass is 16.6. The van der Waals surface area contributed by atoms with Gasteiger partial charge in [-0.05, 0) is 32.0 Å². The number of nitro benzene ring substituents is 1. The third-order valence-corrected chi connectivity index (χ3v) is 3.64. The normalized spacial score (nSPS) is 11.1. The summed E-state index contributed by atoms with van der Waals surface area (Å²) in [5.74, 6) is 0. The first-order valence-electron chi connectivity index (χ1n) is 7.50. The van der Waals surface area contributed by atoms with E-state index < -0.39 is 10.5 Å². The Balaban J connectivity index is 1.99. The number of nitrogens with one attached hydrogen (secondary N) is 1. The number of aromatic nitrogens is 2. The summed E-state index contributed by atoms with van der Waals surface area (Å²) in [6.45, 7) is 3.66. The number of nitro groups is 1. The first-order chi connectivity index (χ1) is 12.0. The van der Waals surface area contributed by atoms with Crippen LogP contribution in [0.2, 0.25) is 0 Å². The molecule has 0 bridgehead atoms. The summed E-state index contributed by atoms with van der Waals surface area (Å²) >= 11 is 0. The highest BCUT2D eigenvalue weighted by molar-refractivity contribution is 5.47. The van der Waals surface area contributed by atoms with Crippen LogP contribution in [-0.4, -0.2) is 14.7 Å². The fourth-order valence-electron chi connectivity index (χ4n) is 2.30. The fourth-order valence-corrected chi connectivity index (χ4v) is 2.30. The lowest BCUT2D eigenvalue weighted by Crippen LogP contribution is -2.14. The molecule has 3 rings (SSSR count). The summed E-state index contributed by atoms with van der Waals surface area (Å²) in [4.78, 5) is 22.9. The van der Waals surface area contributed by atoms with Gasteiger partial charge < -0.3 is 0 Å². The lowest BCUT2D eigenvalue weighted by atomic mass is 10.2. The average Bonchev–Trinajstić information content (AvgIpc) is 2.89. The van der Waals surface area contributed by atoms with Gasteiger partial charge in [0.25, 0.3) is 11.2 Å². The molecule has 0 saturated carbocycles. The number of H-pyrrole nitrogens is 1. The van der Waals surface area contributed by atoms with Crippen LogP contribution in [-0.2, 0) is 0 Å². The van der Waals surface area contributed by atoms with E-state index in [1.807, 2.05) is 19.1 Å². The second-order valence-electron chi connectivity index (χ2n) is 5.54. The van der Waals surface area contributed by atoms with Crippen LogP contribution in [0, 0.1) is 24.0 Å². The maximum Gasteiger partial charge on any atom is 0.299 e. The number of aromatic amines is 1. The molecule has 0 aliphatic carbocycles. The molecule has 0 radical (unpaired) electrons. The van der Waals surface area contributed by atoms with Crippen molar-refractivity contribution in [2.75, 3.05) is 0 Å². The van der Waals surface area contributed by atoms with Crippen LogP contribution < -0.4 is 5.56 Å². The van der Waals surface area contributed by atoms with Crippen LogP contribution in [0.5, 0.6) is 0 Å². The van der Waals surface area contributed by atoms with Crippen LogP contribution in [0.15, 0.2) is 63.6 Å². The van der Waals surface area contributed by atoms with E-state index in [9.17, 15) is 14.9 Å². The van der Waals surface area contributed by atoms with Gasteiger partial charge in [0, 0.05) is 12.1 Å². The first kappa shape index (κ1) is 16.3. The van der Waals surface area contributed by atoms with Gasteiger partial charge in [-0.15, -0.1) is 5.11 Å². The molecule has 1 aromatic heterocycles. The van der Waals surface area contributed by atoms with E-state index in [-0.39, 0.29) is 11.4 Å². The van der Waals surface area contributed by atoms with E-state index >= 15 is 0 Å². The van der Waals surface area contributed by atoms with Crippen LogP contribution in [0.25, 0.3) is 5.69 Å². The Bertz CT molecular complexity index is 1020. The zero-order valence-electron chi connectivity index (χ0n) is 13.6. The maximum atomic E-state index is 12.6. The van der Waals surface area contributed by atoms with E-state index in [0.29, 0.717) is 17.1 Å². The Hall–Kier alpha value is -3.55. The van der Waals surface area contributed by atoms with Crippen molar-refractivity contribution in [3.05, 3.63) is 80.3 Å². The predicted octanol–water partition coefficient (Wildman–Crippen LogP) is 4.11. The van der Waals surface area contributed by atoms with Gasteiger partial charge in [0.2, 0.25) is 0 Å². The van der Waals surface area contributed by atoms with Gasteiger partial charge in [0.1, 0.15) is 0 Å². The molecule has 25 heavy (non-hydrogen) atoms. The minimum Gasteiger partial charge on any atom is -0.293 e. The van der Waals surface area contributed by atoms with E-state index in [0.717, 1.165) is 5.56 Å². The first-order valence-corrected chi connectivity index (χ1v) is 7.50. The number of hydrogen-bond donors (Lipinski definition) is 1. The number of aryl methyl sites for hydroxylation is 2. The van der Waals surface area contributed by atoms with Crippen molar-refractivity contribution in [3.8, 4) is 5.69 Å². The largest absolute Gasteiger partial charge is 0.299 e. The van der Waals surface area contributed by atoms with Crippen LogP contribution in [0.3, 0.4) is 0 Å². The summed E-state index contributed by atoms with van der Waals surface area (Å²) < 4.78 is 1.21. The zero-order valence-corrected chi connectivity index (χ0v) is 13.6. The van der Waals surface area contributed by atoms with Gasteiger partial charge in [-0.3, -0.25) is 20.0 Å². The Morgan fingerprint density at radius 2 is 1.80 bits per heavy atom. The molecule has 0 aliphatic heterocycles. The van der Waals surface area contributed by atoms with Crippen molar-refractivity contribution in [2.24, 2.45) is 10.2 Å². The molecule has 8 nitrogen and oxygen atoms in total. The van der Waals surface area contributed by atoms with E-state index in [1.165, 1.54) is 22.9 Å². The van der Waals surface area contributed by atoms with Crippen LogP contribution in [0.1, 0.15) is 11.3 Å². The molecule has 8 heteroatoms. The van der Waals surface area contributed by atoms with E-state index in [2.05, 4.69) is 15.3 Å². The van der Waals surface area contributed by atoms with Gasteiger partial charge in [-0.1, -0.05) is 23.8 Å². The number of non-ortho nitro benzene ring substituents is 1. The minimum atomic E-state index is -0.512. The van der Waals surface area contributed by atoms with Crippen molar-refractivity contribution in [1.82, 2.24) is 9.78 Å². The number of benzene rings is 2. The molecule has 0 unspecified atom stereocenters. The molecule has 0 fully saturated rings. The molecule has 0 spiro atoms. The van der Waals surface area contributed by atoms with Gasteiger partial charge >= 0.3 is 0 Å². The molecule has 0 aliphatic rings. The Morgan fingerprint density at radius 1 is 1.08 bits per heavy atom. The van der Waals surface area contributed by atoms with Crippen molar-refractivity contribution in [2.45, 2.75) is 13.8 Å². The fraction of sp³-hybridized carbons (Fsp3) is 0.118. The number of rotatable bonds is 4. The summed E-state index contributed by atoms with van der Waals surface area (Å²) in [7, 11) is 0. The predicted molar refractivity (Wildman–Crippen MR) is 93.1 cm³/mol. The SMILES string of the molecule is Cc1ccc(N=Nc2c(C)[nH]n(-c3cccc([N+](=O)[O-])c3)c2=O)cc1. The van der Waals surface area contributed by atoms with Gasteiger partial charge in [-0.25, -0.2) is 4.68 Å². The Labute approximate surface area is 142 Å². The lowest BCUT2D eigenvalue weighted by molar-refractivity contribution is -0.384. The summed E-state index contributed by atoms with van der Waals surface area (Å²) in [6, 6.07) is 13.2. The molecule has 126 valence electrons. The summed E-state index contributed by atoms with van der Waals surface area (Å²) in [5, 5.41) is 21.9. The van der Waals surface area contributed by atoms with Crippen LogP contribution in [0.4, 0.5) is 17.1 Å². The highest BCUT2D eigenvalue weighted by Crippen LogP contribution is 2.20. The maximum absolute atomic E-state index is 12.6. The monoisotopic (exact) mass is 337 g/mol. The Morgan fingerprint density at radius 3 is 2.48 bits per heavy atom. The zero-order chi connectivity index (χ0) is 18.0. The molecule has 0 amide bonds. The smallest absolute Gasteiger partial charge is 0.293 e. The molecule has 2 aromatic carbocycles. The van der Waals surface area contributed by atoms with Gasteiger partial charge in [0.05, 0.1) is 22.0 Å². The standard InChI is InChI=1S/C17H15N5O3/c1-11-6-8-13(9-7-11)18-19-16-12(2)20-21(17(16)23)14-4-3-5-15(10-14)22(24)25/h3-10,20H,1-2H3. The number of hydrogen-bond acceptors (Lipinski definition) is 5. The topological polar surface area (TPSA) is 106 Å². The Kier molecular flexibility index (Phi) is 4.25. The minimum absolute atomic E-state index is 0.0977. The lowest BCUT2D eigenvalue weighted by Gasteiger charge is -2.00. The van der Waals surface area contributed by atoms with Crippen molar-refractivity contribution in [3.63, 3.8) is 0 Å². The quantitative estimate of drug-likeness (QED) is 0.440. The van der Waals surface area contributed by atoms with Crippen LogP contribution >= 0.6 is 0 Å². The van der Waals surface area contributed by atoms with Crippen molar-refractivity contribution in [1.29, 1.82) is 0 Å². The van der Waals surface area contributed by atoms with Crippen molar-refractivity contribution < 1.29 is 4.92 Å². The summed E-state index contributed by atoms with van der Waals surface area (Å²) in [6.07, 6.45) is 0. The molecule has 0 atom stereocenters. The molecular formula is C17H15N5O3. The second-order valence-corrected chi connectivity index (χ2v) is 5.54. The summed E-state index contributed by atoms with van der Waals surface area (Å²) in [5.41, 5.74) is 2.25. The third-order valence-electron chi connectivity index (χ3n) is 3.64. The van der Waals surface area contributed by atoms with Crippen molar-refractivity contribution >= 4 is 17.1 Å². The molecule has 0 saturated heterocycles. The average molecular weight is 337 g/mol. The molecule has 1 heterocycles. The molecular weight excluding hydrogens is 322 g/mol. The number of nitrogens with zero attached hydrogens (tertiary/aromatic N) is 4. The third kappa shape index (κ3) is 3.37. The molecule has 3 aromatic rings. The van der Waals surface area contributed by atoms with Gasteiger partial charge in [0.15, 0.2) is 5.69 Å².